The molecule has 0 bridgehead atoms. The number of rotatable bonds is 5. The summed E-state index contributed by atoms with van der Waals surface area (Å²) in [6.07, 6.45) is 1.75. The molecular weight excluding hydrogens is 382 g/mol. The van der Waals surface area contributed by atoms with E-state index in [1.807, 2.05) is 59.5 Å². The molecule has 0 aromatic heterocycles. The standard InChI is InChI=1S/C28H25NO2/c1-31-26-16-15-21-11-7-8-14-25(21)27(26)28(30)29(19-20-9-3-2-4-10-20)24-17-22-12-5-6-13-23(22)18-24/h2-16,24H,17-19H2,1H3. The van der Waals surface area contributed by atoms with E-state index in [0.717, 1.165) is 29.2 Å². The number of nitrogens with zero attached hydrogens (tertiary/aromatic N) is 1. The van der Waals surface area contributed by atoms with Crippen LogP contribution in [0.1, 0.15) is 27.0 Å². The van der Waals surface area contributed by atoms with Crippen molar-refractivity contribution in [2.24, 2.45) is 0 Å². The minimum atomic E-state index is 0.0234. The first-order chi connectivity index (χ1) is 15.2. The fourth-order valence-electron chi connectivity index (χ4n) is 4.69. The third-order valence-electron chi connectivity index (χ3n) is 6.25. The highest BCUT2D eigenvalue weighted by Gasteiger charge is 2.32. The van der Waals surface area contributed by atoms with Crippen LogP contribution in [-0.4, -0.2) is 24.0 Å². The second-order valence-corrected chi connectivity index (χ2v) is 8.11. The second-order valence-electron chi connectivity index (χ2n) is 8.11. The molecule has 0 spiro atoms. The van der Waals surface area contributed by atoms with Crippen molar-refractivity contribution in [3.05, 3.63) is 113 Å². The zero-order valence-electron chi connectivity index (χ0n) is 17.6. The van der Waals surface area contributed by atoms with Gasteiger partial charge in [-0.25, -0.2) is 0 Å². The third kappa shape index (κ3) is 3.68. The molecule has 0 unspecified atom stereocenters. The van der Waals surface area contributed by atoms with Gasteiger partial charge in [0.05, 0.1) is 12.7 Å². The molecule has 4 aromatic rings. The van der Waals surface area contributed by atoms with Crippen LogP contribution < -0.4 is 4.74 Å². The summed E-state index contributed by atoms with van der Waals surface area (Å²) in [5.41, 5.74) is 4.45. The molecule has 0 saturated carbocycles. The van der Waals surface area contributed by atoms with E-state index in [9.17, 15) is 4.79 Å². The molecule has 0 aliphatic heterocycles. The quantitative estimate of drug-likeness (QED) is 0.427. The zero-order chi connectivity index (χ0) is 21.2. The summed E-state index contributed by atoms with van der Waals surface area (Å²) in [4.78, 5) is 16.2. The number of hydrogen-bond donors (Lipinski definition) is 0. The first kappa shape index (κ1) is 19.4. The van der Waals surface area contributed by atoms with Crippen LogP contribution in [0, 0.1) is 0 Å². The van der Waals surface area contributed by atoms with Crippen molar-refractivity contribution in [1.82, 2.24) is 4.90 Å². The Kier molecular flexibility index (Phi) is 5.17. The van der Waals surface area contributed by atoms with Crippen molar-refractivity contribution in [2.75, 3.05) is 7.11 Å². The van der Waals surface area contributed by atoms with E-state index in [4.69, 9.17) is 4.74 Å². The summed E-state index contributed by atoms with van der Waals surface area (Å²) in [6.45, 7) is 0.574. The van der Waals surface area contributed by atoms with Crippen LogP contribution in [0.25, 0.3) is 10.8 Å². The van der Waals surface area contributed by atoms with Gasteiger partial charge in [0.2, 0.25) is 0 Å². The average Bonchev–Trinajstić information content (AvgIpc) is 3.26. The van der Waals surface area contributed by atoms with E-state index in [1.165, 1.54) is 11.1 Å². The summed E-state index contributed by atoms with van der Waals surface area (Å²) in [7, 11) is 1.63. The van der Waals surface area contributed by atoms with Gasteiger partial charge in [0, 0.05) is 12.6 Å². The van der Waals surface area contributed by atoms with Gasteiger partial charge in [-0.2, -0.15) is 0 Å². The average molecular weight is 408 g/mol. The molecule has 5 rings (SSSR count). The molecule has 0 atom stereocenters. The number of carbonyl (C=O) groups is 1. The molecule has 31 heavy (non-hydrogen) atoms. The number of ether oxygens (including phenoxy) is 1. The highest BCUT2D eigenvalue weighted by atomic mass is 16.5. The van der Waals surface area contributed by atoms with Gasteiger partial charge < -0.3 is 9.64 Å². The van der Waals surface area contributed by atoms with E-state index in [1.54, 1.807) is 7.11 Å². The summed E-state index contributed by atoms with van der Waals surface area (Å²) in [5.74, 6) is 0.646. The smallest absolute Gasteiger partial charge is 0.258 e. The fraction of sp³-hybridized carbons (Fsp3) is 0.179. The number of carbonyl (C=O) groups excluding carboxylic acids is 1. The van der Waals surface area contributed by atoms with Gasteiger partial charge in [-0.3, -0.25) is 4.79 Å². The van der Waals surface area contributed by atoms with Crippen LogP contribution >= 0.6 is 0 Å². The first-order valence-electron chi connectivity index (χ1n) is 10.7. The van der Waals surface area contributed by atoms with E-state index in [2.05, 4.69) is 36.4 Å². The van der Waals surface area contributed by atoms with Crippen LogP contribution in [0.15, 0.2) is 91.0 Å². The predicted molar refractivity (Wildman–Crippen MR) is 124 cm³/mol. The second kappa shape index (κ2) is 8.27. The normalized spacial score (nSPS) is 13.2. The van der Waals surface area contributed by atoms with Crippen LogP contribution in [0.5, 0.6) is 5.75 Å². The van der Waals surface area contributed by atoms with Crippen molar-refractivity contribution in [3.63, 3.8) is 0 Å². The molecule has 0 fully saturated rings. The molecule has 3 heteroatoms. The van der Waals surface area contributed by atoms with Crippen molar-refractivity contribution < 1.29 is 9.53 Å². The number of methoxy groups -OCH3 is 1. The number of benzene rings is 4. The largest absolute Gasteiger partial charge is 0.496 e. The summed E-state index contributed by atoms with van der Waals surface area (Å²) in [5, 5.41) is 1.97. The molecule has 3 nitrogen and oxygen atoms in total. The maximum Gasteiger partial charge on any atom is 0.258 e. The summed E-state index contributed by atoms with van der Waals surface area (Å²) < 4.78 is 5.65. The SMILES string of the molecule is COc1ccc2ccccc2c1C(=O)N(Cc1ccccc1)C1Cc2ccccc2C1. The molecule has 154 valence electrons. The zero-order valence-corrected chi connectivity index (χ0v) is 17.6. The minimum absolute atomic E-state index is 0.0234. The third-order valence-corrected chi connectivity index (χ3v) is 6.25. The van der Waals surface area contributed by atoms with Crippen molar-refractivity contribution in [1.29, 1.82) is 0 Å². The highest BCUT2D eigenvalue weighted by molar-refractivity contribution is 6.09. The molecule has 0 radical (unpaired) electrons. The van der Waals surface area contributed by atoms with Gasteiger partial charge >= 0.3 is 0 Å². The Morgan fingerprint density at radius 2 is 1.48 bits per heavy atom. The van der Waals surface area contributed by atoms with E-state index in [-0.39, 0.29) is 11.9 Å². The summed E-state index contributed by atoms with van der Waals surface area (Å²) >= 11 is 0. The molecule has 1 aliphatic rings. The van der Waals surface area contributed by atoms with Crippen molar-refractivity contribution >= 4 is 16.7 Å². The van der Waals surface area contributed by atoms with E-state index >= 15 is 0 Å². The molecule has 0 saturated heterocycles. The molecule has 0 heterocycles. The van der Waals surface area contributed by atoms with Crippen LogP contribution in [0.2, 0.25) is 0 Å². The fourth-order valence-corrected chi connectivity index (χ4v) is 4.69. The Morgan fingerprint density at radius 3 is 2.19 bits per heavy atom. The molecule has 4 aromatic carbocycles. The van der Waals surface area contributed by atoms with Gasteiger partial charge in [-0.15, -0.1) is 0 Å². The molecule has 1 amide bonds. The predicted octanol–water partition coefficient (Wildman–Crippen LogP) is 5.66. The maximum absolute atomic E-state index is 14.1. The Hall–Kier alpha value is -3.59. The molecule has 1 aliphatic carbocycles. The Labute approximate surface area is 182 Å². The van der Waals surface area contributed by atoms with E-state index in [0.29, 0.717) is 17.9 Å². The number of amides is 1. The topological polar surface area (TPSA) is 29.5 Å². The summed E-state index contributed by atoms with van der Waals surface area (Å²) in [6, 6.07) is 30.8. The van der Waals surface area contributed by atoms with Gasteiger partial charge in [0.15, 0.2) is 0 Å². The number of fused-ring (bicyclic) bond motifs is 2. The monoisotopic (exact) mass is 407 g/mol. The lowest BCUT2D eigenvalue weighted by Crippen LogP contribution is -2.40. The van der Waals surface area contributed by atoms with Gasteiger partial charge in [0.1, 0.15) is 5.75 Å². The lowest BCUT2D eigenvalue weighted by molar-refractivity contribution is 0.0666. The van der Waals surface area contributed by atoms with Gasteiger partial charge in [-0.05, 0) is 46.4 Å². The number of hydrogen-bond acceptors (Lipinski definition) is 2. The first-order valence-corrected chi connectivity index (χ1v) is 10.7. The Morgan fingerprint density at radius 1 is 0.839 bits per heavy atom. The Balaban J connectivity index is 1.59. The lowest BCUT2D eigenvalue weighted by atomic mass is 10.0. The van der Waals surface area contributed by atoms with Crippen molar-refractivity contribution in [2.45, 2.75) is 25.4 Å². The maximum atomic E-state index is 14.1. The van der Waals surface area contributed by atoms with Crippen molar-refractivity contribution in [3.8, 4) is 5.75 Å². The molecular formula is C28H25NO2. The van der Waals surface area contributed by atoms with Gasteiger partial charge in [-0.1, -0.05) is 84.9 Å². The molecule has 0 N–H and O–H groups in total. The van der Waals surface area contributed by atoms with Crippen LogP contribution in [0.4, 0.5) is 0 Å². The lowest BCUT2D eigenvalue weighted by Gasteiger charge is -2.30. The minimum Gasteiger partial charge on any atom is -0.496 e. The van der Waals surface area contributed by atoms with E-state index < -0.39 is 0 Å². The Bertz CT molecular complexity index is 1210. The van der Waals surface area contributed by atoms with Gasteiger partial charge in [0.25, 0.3) is 5.91 Å². The van der Waals surface area contributed by atoms with Crippen LogP contribution in [0.3, 0.4) is 0 Å². The highest BCUT2D eigenvalue weighted by Crippen LogP contribution is 2.33. The van der Waals surface area contributed by atoms with Crippen LogP contribution in [-0.2, 0) is 19.4 Å².